The summed E-state index contributed by atoms with van der Waals surface area (Å²) in [6, 6.07) is 0. The lowest BCUT2D eigenvalue weighted by Crippen LogP contribution is -2.26. The Hall–Kier alpha value is -0.790. The van der Waals surface area contributed by atoms with Crippen molar-refractivity contribution in [1.29, 1.82) is 0 Å². The lowest BCUT2D eigenvalue weighted by Gasteiger charge is -2.07. The summed E-state index contributed by atoms with van der Waals surface area (Å²) in [7, 11) is 0. The van der Waals surface area contributed by atoms with E-state index < -0.39 is 0 Å². The average Bonchev–Trinajstić information content (AvgIpc) is 2.56. The van der Waals surface area contributed by atoms with Gasteiger partial charge in [-0.25, -0.2) is 0 Å². The highest BCUT2D eigenvalue weighted by Gasteiger charge is 2.01. The van der Waals surface area contributed by atoms with Crippen LogP contribution in [0, 0.1) is 5.92 Å². The lowest BCUT2D eigenvalue weighted by atomic mass is 10.1. The molecule has 0 saturated heterocycles. The van der Waals surface area contributed by atoms with Gasteiger partial charge in [-0.2, -0.15) is 0 Å². The molecule has 0 rings (SSSR count). The van der Waals surface area contributed by atoms with Gasteiger partial charge in [0, 0.05) is 13.0 Å². The van der Waals surface area contributed by atoms with Gasteiger partial charge < -0.3 is 5.32 Å². The molecule has 0 aliphatic heterocycles. The maximum atomic E-state index is 11.6. The number of rotatable bonds is 17. The van der Waals surface area contributed by atoms with Gasteiger partial charge in [0.15, 0.2) is 0 Å². The number of unbranched alkanes of at least 4 members (excludes halogenated alkanes) is 11. The van der Waals surface area contributed by atoms with Gasteiger partial charge in [0.1, 0.15) is 0 Å². The predicted molar refractivity (Wildman–Crippen MR) is 107 cm³/mol. The first kappa shape index (κ1) is 23.2. The normalized spacial score (nSPS) is 11.5. The molecule has 0 bridgehead atoms. The quantitative estimate of drug-likeness (QED) is 0.229. The molecule has 0 atom stereocenters. The van der Waals surface area contributed by atoms with Gasteiger partial charge in [-0.1, -0.05) is 84.3 Å². The highest BCUT2D eigenvalue weighted by Crippen LogP contribution is 2.09. The molecule has 0 aromatic heterocycles. The average molecular weight is 338 g/mol. The van der Waals surface area contributed by atoms with Crippen molar-refractivity contribution < 1.29 is 4.79 Å². The number of carbonyl (C=O) groups is 1. The van der Waals surface area contributed by atoms with Crippen LogP contribution in [-0.4, -0.2) is 12.5 Å². The number of hydrogen-bond donors (Lipinski definition) is 1. The number of allylic oxidation sites excluding steroid dienone is 2. The number of carbonyl (C=O) groups excluding carboxylic acids is 1. The molecular formula is C22H43NO. The SMILES string of the molecule is CCCCCCCCC=CCCCCCCCC(=O)NCC(C)C. The van der Waals surface area contributed by atoms with Crippen LogP contribution in [0.1, 0.15) is 111 Å². The van der Waals surface area contributed by atoms with Crippen molar-refractivity contribution in [3.05, 3.63) is 12.2 Å². The van der Waals surface area contributed by atoms with Gasteiger partial charge in [0.25, 0.3) is 0 Å². The summed E-state index contributed by atoms with van der Waals surface area (Å²) in [4.78, 5) is 11.6. The zero-order valence-electron chi connectivity index (χ0n) is 16.7. The fraction of sp³-hybridized carbons (Fsp3) is 0.864. The van der Waals surface area contributed by atoms with Crippen molar-refractivity contribution in [3.63, 3.8) is 0 Å². The van der Waals surface area contributed by atoms with Crippen LogP contribution in [0.15, 0.2) is 12.2 Å². The molecule has 0 saturated carbocycles. The molecule has 0 radical (unpaired) electrons. The number of amides is 1. The Morgan fingerprint density at radius 2 is 1.29 bits per heavy atom. The molecule has 0 fully saturated rings. The zero-order chi connectivity index (χ0) is 17.9. The van der Waals surface area contributed by atoms with Gasteiger partial charge in [-0.05, 0) is 38.0 Å². The van der Waals surface area contributed by atoms with E-state index in [9.17, 15) is 4.79 Å². The minimum atomic E-state index is 0.223. The van der Waals surface area contributed by atoms with Crippen LogP contribution in [0.2, 0.25) is 0 Å². The van der Waals surface area contributed by atoms with Crippen molar-refractivity contribution in [3.8, 4) is 0 Å². The van der Waals surface area contributed by atoms with Crippen LogP contribution in [0.5, 0.6) is 0 Å². The second-order valence-corrected chi connectivity index (χ2v) is 7.53. The Morgan fingerprint density at radius 3 is 1.83 bits per heavy atom. The molecule has 0 aromatic carbocycles. The molecule has 2 heteroatoms. The second-order valence-electron chi connectivity index (χ2n) is 7.53. The first-order valence-electron chi connectivity index (χ1n) is 10.6. The van der Waals surface area contributed by atoms with E-state index in [-0.39, 0.29) is 5.91 Å². The second kappa shape index (κ2) is 18.5. The predicted octanol–water partition coefficient (Wildman–Crippen LogP) is 6.80. The van der Waals surface area contributed by atoms with Crippen molar-refractivity contribution in [1.82, 2.24) is 5.32 Å². The van der Waals surface area contributed by atoms with Crippen molar-refractivity contribution >= 4 is 5.91 Å². The van der Waals surface area contributed by atoms with Crippen LogP contribution in [-0.2, 0) is 4.79 Å². The molecule has 0 unspecified atom stereocenters. The molecule has 0 aromatic rings. The van der Waals surface area contributed by atoms with Crippen molar-refractivity contribution in [2.75, 3.05) is 6.54 Å². The Bertz CT molecular complexity index is 296. The van der Waals surface area contributed by atoms with Crippen LogP contribution in [0.25, 0.3) is 0 Å². The molecular weight excluding hydrogens is 294 g/mol. The molecule has 142 valence electrons. The zero-order valence-corrected chi connectivity index (χ0v) is 16.7. The maximum absolute atomic E-state index is 11.6. The van der Waals surface area contributed by atoms with Crippen LogP contribution >= 0.6 is 0 Å². The van der Waals surface area contributed by atoms with E-state index in [1.807, 2.05) is 0 Å². The van der Waals surface area contributed by atoms with Crippen LogP contribution in [0.4, 0.5) is 0 Å². The first-order valence-corrected chi connectivity index (χ1v) is 10.6. The first-order chi connectivity index (χ1) is 11.7. The highest BCUT2D eigenvalue weighted by molar-refractivity contribution is 5.75. The molecule has 2 nitrogen and oxygen atoms in total. The third-order valence-electron chi connectivity index (χ3n) is 4.37. The minimum Gasteiger partial charge on any atom is -0.356 e. The molecule has 24 heavy (non-hydrogen) atoms. The van der Waals surface area contributed by atoms with E-state index in [0.717, 1.165) is 13.0 Å². The van der Waals surface area contributed by atoms with E-state index in [1.165, 1.54) is 77.0 Å². The van der Waals surface area contributed by atoms with E-state index in [4.69, 9.17) is 0 Å². The van der Waals surface area contributed by atoms with Gasteiger partial charge in [-0.3, -0.25) is 4.79 Å². The fourth-order valence-corrected chi connectivity index (χ4v) is 2.76. The molecule has 1 amide bonds. The van der Waals surface area contributed by atoms with Crippen molar-refractivity contribution in [2.45, 2.75) is 111 Å². The molecule has 0 heterocycles. The molecule has 0 aliphatic carbocycles. The summed E-state index contributed by atoms with van der Waals surface area (Å²) >= 11 is 0. The fourth-order valence-electron chi connectivity index (χ4n) is 2.76. The number of nitrogens with one attached hydrogen (secondary N) is 1. The molecule has 0 aliphatic rings. The largest absolute Gasteiger partial charge is 0.356 e. The van der Waals surface area contributed by atoms with Crippen LogP contribution in [0.3, 0.4) is 0 Å². The third-order valence-corrected chi connectivity index (χ3v) is 4.37. The summed E-state index contributed by atoms with van der Waals surface area (Å²) in [5, 5.41) is 2.98. The van der Waals surface area contributed by atoms with Crippen molar-refractivity contribution in [2.24, 2.45) is 5.92 Å². The minimum absolute atomic E-state index is 0.223. The summed E-state index contributed by atoms with van der Waals surface area (Å²) in [6.07, 6.45) is 22.4. The Balaban J connectivity index is 3.19. The maximum Gasteiger partial charge on any atom is 0.220 e. The lowest BCUT2D eigenvalue weighted by molar-refractivity contribution is -0.121. The van der Waals surface area contributed by atoms with Gasteiger partial charge in [-0.15, -0.1) is 0 Å². The van der Waals surface area contributed by atoms with Gasteiger partial charge in [0.2, 0.25) is 5.91 Å². The summed E-state index contributed by atoms with van der Waals surface area (Å²) in [5.41, 5.74) is 0. The third kappa shape index (κ3) is 19.3. The topological polar surface area (TPSA) is 29.1 Å². The number of hydrogen-bond acceptors (Lipinski definition) is 1. The standard InChI is InChI=1S/C22H43NO/c1-4-5-6-7-8-9-10-11-12-13-14-15-16-17-18-19-22(24)23-20-21(2)3/h11-12,21H,4-10,13-20H2,1-3H3,(H,23,24). The van der Waals surface area contributed by atoms with E-state index >= 15 is 0 Å². The molecule has 0 spiro atoms. The Kier molecular flexibility index (Phi) is 17.9. The monoisotopic (exact) mass is 337 g/mol. The highest BCUT2D eigenvalue weighted by atomic mass is 16.1. The van der Waals surface area contributed by atoms with E-state index in [2.05, 4.69) is 38.2 Å². The van der Waals surface area contributed by atoms with Crippen LogP contribution < -0.4 is 5.32 Å². The van der Waals surface area contributed by atoms with Gasteiger partial charge in [0.05, 0.1) is 0 Å². The van der Waals surface area contributed by atoms with E-state index in [1.54, 1.807) is 0 Å². The summed E-state index contributed by atoms with van der Waals surface area (Å²) < 4.78 is 0. The summed E-state index contributed by atoms with van der Waals surface area (Å²) in [5.74, 6) is 0.768. The Morgan fingerprint density at radius 1 is 0.792 bits per heavy atom. The summed E-state index contributed by atoms with van der Waals surface area (Å²) in [6.45, 7) is 7.34. The molecule has 1 N–H and O–H groups in total. The Labute approximate surface area is 151 Å². The van der Waals surface area contributed by atoms with Gasteiger partial charge >= 0.3 is 0 Å². The smallest absolute Gasteiger partial charge is 0.220 e. The van der Waals surface area contributed by atoms with E-state index in [0.29, 0.717) is 12.3 Å².